The molecule has 1 aliphatic rings. The summed E-state index contributed by atoms with van der Waals surface area (Å²) in [7, 11) is 0. The molecule has 0 unspecified atom stereocenters. The Balaban J connectivity index is 1.50. The van der Waals surface area contributed by atoms with Crippen LogP contribution in [0.2, 0.25) is 0 Å². The molecular formula is C21H26FN4O+. The number of para-hydroxylation sites is 2. The van der Waals surface area contributed by atoms with Gasteiger partial charge in [0.15, 0.2) is 6.67 Å². The Hall–Kier alpha value is -2.60. The molecule has 27 heavy (non-hydrogen) atoms. The number of piperazine rings is 1. The molecule has 5 nitrogen and oxygen atoms in total. The van der Waals surface area contributed by atoms with E-state index in [1.807, 2.05) is 45.5 Å². The summed E-state index contributed by atoms with van der Waals surface area (Å²) in [6, 6.07) is 14.8. The molecule has 1 saturated heterocycles. The van der Waals surface area contributed by atoms with Gasteiger partial charge in [-0.15, -0.1) is 0 Å². The maximum atomic E-state index is 13.1. The number of aryl methyl sites for hydroxylation is 1. The maximum Gasteiger partial charge on any atom is 0.333 e. The molecule has 142 valence electrons. The van der Waals surface area contributed by atoms with Gasteiger partial charge in [0.1, 0.15) is 5.82 Å². The molecule has 1 aromatic heterocycles. The van der Waals surface area contributed by atoms with Crippen LogP contribution in [0.1, 0.15) is 13.3 Å². The lowest BCUT2D eigenvalue weighted by atomic mass is 10.2. The van der Waals surface area contributed by atoms with E-state index >= 15 is 0 Å². The van der Waals surface area contributed by atoms with Crippen LogP contribution in [-0.2, 0) is 13.2 Å². The van der Waals surface area contributed by atoms with Crippen molar-refractivity contribution >= 4 is 16.7 Å². The molecule has 2 aromatic carbocycles. The molecule has 4 rings (SSSR count). The molecule has 0 aliphatic carbocycles. The second-order valence-corrected chi connectivity index (χ2v) is 7.22. The Labute approximate surface area is 158 Å². The molecule has 0 bridgehead atoms. The van der Waals surface area contributed by atoms with E-state index in [0.717, 1.165) is 55.9 Å². The molecule has 0 amide bonds. The van der Waals surface area contributed by atoms with Crippen molar-refractivity contribution in [3.8, 4) is 0 Å². The molecule has 6 heteroatoms. The minimum Gasteiger partial charge on any atom is -0.360 e. The van der Waals surface area contributed by atoms with E-state index < -0.39 is 0 Å². The van der Waals surface area contributed by atoms with Crippen molar-refractivity contribution in [3.05, 3.63) is 64.8 Å². The number of anilines is 1. The highest BCUT2D eigenvalue weighted by molar-refractivity contribution is 5.75. The number of nitrogens with one attached hydrogen (secondary N) is 1. The van der Waals surface area contributed by atoms with E-state index in [4.69, 9.17) is 0 Å². The monoisotopic (exact) mass is 369 g/mol. The van der Waals surface area contributed by atoms with Gasteiger partial charge in [-0.2, -0.15) is 0 Å². The molecular weight excluding hydrogens is 343 g/mol. The third-order valence-electron chi connectivity index (χ3n) is 5.42. The molecule has 0 saturated carbocycles. The first-order valence-corrected chi connectivity index (χ1v) is 9.69. The Bertz CT molecular complexity index is 968. The first-order valence-electron chi connectivity index (χ1n) is 9.69. The fourth-order valence-electron chi connectivity index (χ4n) is 3.98. The fourth-order valence-corrected chi connectivity index (χ4v) is 3.98. The Morgan fingerprint density at radius 2 is 1.59 bits per heavy atom. The quantitative estimate of drug-likeness (QED) is 0.743. The van der Waals surface area contributed by atoms with Crippen LogP contribution in [0.3, 0.4) is 0 Å². The molecule has 1 fully saturated rings. The van der Waals surface area contributed by atoms with Gasteiger partial charge in [0, 0.05) is 12.2 Å². The maximum absolute atomic E-state index is 13.1. The highest BCUT2D eigenvalue weighted by atomic mass is 19.1. The Morgan fingerprint density at radius 1 is 0.963 bits per heavy atom. The minimum atomic E-state index is -0.203. The zero-order valence-electron chi connectivity index (χ0n) is 15.7. The zero-order valence-corrected chi connectivity index (χ0v) is 15.7. The second-order valence-electron chi connectivity index (χ2n) is 7.22. The minimum absolute atomic E-state index is 0.0894. The van der Waals surface area contributed by atoms with Crippen molar-refractivity contribution in [2.24, 2.45) is 0 Å². The number of hydrogen-bond donors (Lipinski definition) is 1. The van der Waals surface area contributed by atoms with Gasteiger partial charge in [0.2, 0.25) is 0 Å². The van der Waals surface area contributed by atoms with E-state index in [9.17, 15) is 9.18 Å². The third-order valence-corrected chi connectivity index (χ3v) is 5.42. The van der Waals surface area contributed by atoms with Gasteiger partial charge in [-0.05, 0) is 42.8 Å². The summed E-state index contributed by atoms with van der Waals surface area (Å²) in [6.07, 6.45) is 0.942. The van der Waals surface area contributed by atoms with E-state index in [1.165, 1.54) is 17.0 Å². The molecule has 0 atom stereocenters. The van der Waals surface area contributed by atoms with Crippen LogP contribution in [-0.4, -0.2) is 35.3 Å². The van der Waals surface area contributed by atoms with Gasteiger partial charge in [0.05, 0.1) is 37.2 Å². The molecule has 1 N–H and O–H groups in total. The highest BCUT2D eigenvalue weighted by Gasteiger charge is 2.22. The van der Waals surface area contributed by atoms with Gasteiger partial charge < -0.3 is 9.80 Å². The largest absolute Gasteiger partial charge is 0.360 e. The lowest BCUT2D eigenvalue weighted by Gasteiger charge is -2.33. The topological polar surface area (TPSA) is 34.6 Å². The molecule has 1 aliphatic heterocycles. The van der Waals surface area contributed by atoms with Crippen molar-refractivity contribution in [2.75, 3.05) is 31.1 Å². The van der Waals surface area contributed by atoms with E-state index in [-0.39, 0.29) is 11.5 Å². The van der Waals surface area contributed by atoms with Crippen molar-refractivity contribution in [3.63, 3.8) is 0 Å². The van der Waals surface area contributed by atoms with Gasteiger partial charge in [-0.1, -0.05) is 19.1 Å². The normalized spacial score (nSPS) is 15.6. The predicted octanol–water partition coefficient (Wildman–Crippen LogP) is 1.71. The van der Waals surface area contributed by atoms with E-state index in [2.05, 4.69) is 11.8 Å². The first-order chi connectivity index (χ1) is 13.2. The van der Waals surface area contributed by atoms with E-state index in [0.29, 0.717) is 6.67 Å². The Kier molecular flexibility index (Phi) is 4.99. The average molecular weight is 369 g/mol. The van der Waals surface area contributed by atoms with Crippen molar-refractivity contribution in [2.45, 2.75) is 26.6 Å². The lowest BCUT2D eigenvalue weighted by Crippen LogP contribution is -3.14. The predicted molar refractivity (Wildman–Crippen MR) is 106 cm³/mol. The fraction of sp³-hybridized carbons (Fsp3) is 0.381. The number of aromatic nitrogens is 2. The van der Waals surface area contributed by atoms with Crippen LogP contribution in [0.4, 0.5) is 10.1 Å². The van der Waals surface area contributed by atoms with Crippen molar-refractivity contribution in [1.82, 2.24) is 9.13 Å². The molecule has 0 radical (unpaired) electrons. The van der Waals surface area contributed by atoms with Crippen molar-refractivity contribution in [1.29, 1.82) is 0 Å². The first kappa shape index (κ1) is 17.8. The summed E-state index contributed by atoms with van der Waals surface area (Å²) < 4.78 is 16.9. The number of imidazole rings is 1. The molecule has 2 heterocycles. The second kappa shape index (κ2) is 7.56. The highest BCUT2D eigenvalue weighted by Crippen LogP contribution is 2.15. The number of hydrogen-bond acceptors (Lipinski definition) is 2. The smallest absolute Gasteiger partial charge is 0.333 e. The molecule has 3 aromatic rings. The van der Waals surface area contributed by atoms with Gasteiger partial charge >= 0.3 is 5.69 Å². The summed E-state index contributed by atoms with van der Waals surface area (Å²) in [4.78, 5) is 16.6. The standard InChI is InChI=1S/C21H25FN4O/c1-2-11-25-19-5-3-4-6-20(19)26(21(25)27)16-23-12-14-24(15-13-23)18-9-7-17(22)8-10-18/h3-10H,2,11-16H2,1H3/p+1. The van der Waals surface area contributed by atoms with Crippen LogP contribution < -0.4 is 15.5 Å². The number of nitrogens with zero attached hydrogens (tertiary/aromatic N) is 3. The number of benzene rings is 2. The van der Waals surface area contributed by atoms with Crippen LogP contribution in [0, 0.1) is 5.82 Å². The zero-order chi connectivity index (χ0) is 18.8. The van der Waals surface area contributed by atoms with Crippen LogP contribution in [0.25, 0.3) is 11.0 Å². The number of fused-ring (bicyclic) bond motifs is 1. The van der Waals surface area contributed by atoms with Gasteiger partial charge in [0.25, 0.3) is 0 Å². The number of halogens is 1. The number of rotatable bonds is 5. The van der Waals surface area contributed by atoms with E-state index in [1.54, 1.807) is 0 Å². The SMILES string of the molecule is CCCn1c(=O)n(C[NH+]2CCN(c3ccc(F)cc3)CC2)c2ccccc21. The van der Waals surface area contributed by atoms with Crippen LogP contribution in [0.5, 0.6) is 0 Å². The summed E-state index contributed by atoms with van der Waals surface area (Å²) in [5, 5.41) is 0. The number of quaternary nitrogens is 1. The Morgan fingerprint density at radius 3 is 2.22 bits per heavy atom. The van der Waals surface area contributed by atoms with Crippen LogP contribution in [0.15, 0.2) is 53.3 Å². The average Bonchev–Trinajstić information content (AvgIpc) is 2.96. The summed E-state index contributed by atoms with van der Waals surface area (Å²) in [6.45, 7) is 7.26. The third kappa shape index (κ3) is 3.49. The van der Waals surface area contributed by atoms with Crippen LogP contribution >= 0.6 is 0 Å². The summed E-state index contributed by atoms with van der Waals surface area (Å²) in [5.41, 5.74) is 3.19. The lowest BCUT2D eigenvalue weighted by molar-refractivity contribution is -0.923. The van der Waals surface area contributed by atoms with Gasteiger partial charge in [-0.25, -0.2) is 13.8 Å². The summed E-state index contributed by atoms with van der Waals surface area (Å²) in [5.74, 6) is -0.203. The van der Waals surface area contributed by atoms with Crippen molar-refractivity contribution < 1.29 is 9.29 Å². The summed E-state index contributed by atoms with van der Waals surface area (Å²) >= 11 is 0. The van der Waals surface area contributed by atoms with Gasteiger partial charge in [-0.3, -0.25) is 4.57 Å². The molecule has 0 spiro atoms.